The molecule has 104 valence electrons. The molecule has 1 N–H and O–H groups in total. The van der Waals surface area contributed by atoms with Crippen molar-refractivity contribution in [3.8, 4) is 0 Å². The highest BCUT2D eigenvalue weighted by atomic mass is 32.1. The Bertz CT molecular complexity index is 469. The number of aliphatic carboxylic acids is 1. The summed E-state index contributed by atoms with van der Waals surface area (Å²) in [7, 11) is 0. The van der Waals surface area contributed by atoms with Gasteiger partial charge in [0.05, 0.1) is 4.88 Å². The van der Waals surface area contributed by atoms with Crippen LogP contribution in [0.15, 0.2) is 11.4 Å². The van der Waals surface area contributed by atoms with Crippen molar-refractivity contribution in [3.63, 3.8) is 0 Å². The van der Waals surface area contributed by atoms with Crippen LogP contribution in [0, 0.1) is 6.92 Å². The highest BCUT2D eigenvalue weighted by Gasteiger charge is 2.31. The van der Waals surface area contributed by atoms with Gasteiger partial charge in [-0.3, -0.25) is 4.79 Å². The Labute approximate surface area is 117 Å². The van der Waals surface area contributed by atoms with E-state index in [1.807, 2.05) is 18.4 Å². The lowest BCUT2D eigenvalue weighted by Crippen LogP contribution is -2.46. The smallest absolute Gasteiger partial charge is 0.326 e. The Morgan fingerprint density at radius 1 is 1.32 bits per heavy atom. The van der Waals surface area contributed by atoms with Crippen LogP contribution < -0.4 is 0 Å². The van der Waals surface area contributed by atoms with Gasteiger partial charge >= 0.3 is 5.97 Å². The number of hydrogen-bond donors (Lipinski definition) is 1. The van der Waals surface area contributed by atoms with E-state index in [4.69, 9.17) is 0 Å². The molecule has 0 radical (unpaired) electrons. The van der Waals surface area contributed by atoms with E-state index in [0.29, 0.717) is 17.8 Å². The van der Waals surface area contributed by atoms with E-state index in [0.717, 1.165) is 31.2 Å². The van der Waals surface area contributed by atoms with Crippen LogP contribution in [-0.4, -0.2) is 34.5 Å². The fourth-order valence-corrected chi connectivity index (χ4v) is 3.39. The number of hydrogen-bond acceptors (Lipinski definition) is 3. The Balaban J connectivity index is 2.24. The third-order valence-corrected chi connectivity index (χ3v) is 4.61. The predicted molar refractivity (Wildman–Crippen MR) is 74.6 cm³/mol. The van der Waals surface area contributed by atoms with Crippen LogP contribution in [0.3, 0.4) is 0 Å². The molecule has 0 aliphatic carbocycles. The number of carbonyl (C=O) groups is 2. The zero-order valence-corrected chi connectivity index (χ0v) is 11.9. The van der Waals surface area contributed by atoms with Crippen LogP contribution in [0.1, 0.15) is 47.3 Å². The van der Waals surface area contributed by atoms with E-state index in [1.54, 1.807) is 4.90 Å². The SMILES string of the molecule is Cc1ccsc1C(=O)N1CCCCCCC1C(=O)O. The Morgan fingerprint density at radius 3 is 2.68 bits per heavy atom. The molecule has 1 fully saturated rings. The quantitative estimate of drug-likeness (QED) is 0.906. The highest BCUT2D eigenvalue weighted by molar-refractivity contribution is 7.12. The maximum Gasteiger partial charge on any atom is 0.326 e. The number of rotatable bonds is 2. The molecule has 5 heteroatoms. The number of carbonyl (C=O) groups excluding carboxylic acids is 1. The van der Waals surface area contributed by atoms with Gasteiger partial charge in [0.15, 0.2) is 0 Å². The van der Waals surface area contributed by atoms with Gasteiger partial charge in [-0.1, -0.05) is 19.3 Å². The molecule has 2 heterocycles. The largest absolute Gasteiger partial charge is 0.480 e. The predicted octanol–water partition coefficient (Wildman–Crippen LogP) is 2.92. The van der Waals surface area contributed by atoms with Gasteiger partial charge in [0, 0.05) is 6.54 Å². The second-order valence-electron chi connectivity index (χ2n) is 4.99. The first kappa shape index (κ1) is 14.1. The summed E-state index contributed by atoms with van der Waals surface area (Å²) in [4.78, 5) is 26.2. The van der Waals surface area contributed by atoms with Gasteiger partial charge in [0.1, 0.15) is 6.04 Å². The maximum atomic E-state index is 12.5. The van der Waals surface area contributed by atoms with Gasteiger partial charge in [0.25, 0.3) is 5.91 Å². The van der Waals surface area contributed by atoms with Gasteiger partial charge in [-0.2, -0.15) is 0 Å². The molecule has 1 unspecified atom stereocenters. The molecule has 1 atom stereocenters. The van der Waals surface area contributed by atoms with Crippen molar-refractivity contribution in [1.82, 2.24) is 4.90 Å². The molecule has 1 aliphatic heterocycles. The van der Waals surface area contributed by atoms with Crippen LogP contribution in [0.5, 0.6) is 0 Å². The first-order chi connectivity index (χ1) is 9.11. The average Bonchev–Trinajstić information content (AvgIpc) is 2.74. The Morgan fingerprint density at radius 2 is 2.05 bits per heavy atom. The monoisotopic (exact) mass is 281 g/mol. The zero-order chi connectivity index (χ0) is 13.8. The minimum atomic E-state index is -0.885. The van der Waals surface area contributed by atoms with Crippen LogP contribution >= 0.6 is 11.3 Å². The summed E-state index contributed by atoms with van der Waals surface area (Å²) in [6.07, 6.45) is 4.46. The van der Waals surface area contributed by atoms with Gasteiger partial charge in [-0.15, -0.1) is 11.3 Å². The fraction of sp³-hybridized carbons (Fsp3) is 0.571. The number of aryl methyl sites for hydroxylation is 1. The molecular weight excluding hydrogens is 262 g/mol. The summed E-state index contributed by atoms with van der Waals surface area (Å²) >= 11 is 1.39. The summed E-state index contributed by atoms with van der Waals surface area (Å²) in [5.74, 6) is -1.01. The minimum Gasteiger partial charge on any atom is -0.480 e. The Hall–Kier alpha value is -1.36. The molecule has 0 bridgehead atoms. The lowest BCUT2D eigenvalue weighted by Gasteiger charge is -2.30. The van der Waals surface area contributed by atoms with Crippen molar-refractivity contribution in [2.24, 2.45) is 0 Å². The molecule has 1 aromatic heterocycles. The second-order valence-corrected chi connectivity index (χ2v) is 5.90. The third-order valence-electron chi connectivity index (χ3n) is 3.61. The van der Waals surface area contributed by atoms with Gasteiger partial charge in [-0.05, 0) is 36.8 Å². The van der Waals surface area contributed by atoms with Crippen molar-refractivity contribution in [2.45, 2.75) is 45.1 Å². The average molecular weight is 281 g/mol. The van der Waals surface area contributed by atoms with Crippen LogP contribution in [-0.2, 0) is 4.79 Å². The third kappa shape index (κ3) is 3.15. The Kier molecular flexibility index (Phi) is 4.58. The van der Waals surface area contributed by atoms with Crippen molar-refractivity contribution in [3.05, 3.63) is 21.9 Å². The summed E-state index contributed by atoms with van der Waals surface area (Å²) in [5.41, 5.74) is 0.932. The zero-order valence-electron chi connectivity index (χ0n) is 11.1. The van der Waals surface area contributed by atoms with Gasteiger partial charge < -0.3 is 10.0 Å². The molecule has 2 rings (SSSR count). The first-order valence-corrected chi connectivity index (χ1v) is 7.57. The normalized spacial score (nSPS) is 20.7. The van der Waals surface area contributed by atoms with E-state index >= 15 is 0 Å². The number of nitrogens with zero attached hydrogens (tertiary/aromatic N) is 1. The van der Waals surface area contributed by atoms with Crippen LogP contribution in [0.4, 0.5) is 0 Å². The van der Waals surface area contributed by atoms with Crippen LogP contribution in [0.25, 0.3) is 0 Å². The summed E-state index contributed by atoms with van der Waals surface area (Å²) in [5, 5.41) is 11.2. The number of carboxylic acids is 1. The van der Waals surface area contributed by atoms with Gasteiger partial charge in [-0.25, -0.2) is 4.79 Å². The fourth-order valence-electron chi connectivity index (χ4n) is 2.51. The summed E-state index contributed by atoms with van der Waals surface area (Å²) in [6.45, 7) is 2.44. The molecule has 1 saturated heterocycles. The summed E-state index contributed by atoms with van der Waals surface area (Å²) in [6, 6.07) is 1.23. The van der Waals surface area contributed by atoms with Crippen molar-refractivity contribution < 1.29 is 14.7 Å². The molecule has 1 amide bonds. The minimum absolute atomic E-state index is 0.123. The van der Waals surface area contributed by atoms with E-state index in [9.17, 15) is 14.7 Å². The molecule has 4 nitrogen and oxygen atoms in total. The van der Waals surface area contributed by atoms with E-state index in [2.05, 4.69) is 0 Å². The summed E-state index contributed by atoms with van der Waals surface area (Å²) < 4.78 is 0. The second kappa shape index (κ2) is 6.19. The number of thiophene rings is 1. The van der Waals surface area contributed by atoms with Crippen LogP contribution in [0.2, 0.25) is 0 Å². The molecular formula is C14H19NO3S. The lowest BCUT2D eigenvalue weighted by molar-refractivity contribution is -0.142. The van der Waals surface area contributed by atoms with Crippen molar-refractivity contribution in [2.75, 3.05) is 6.54 Å². The highest BCUT2D eigenvalue weighted by Crippen LogP contribution is 2.23. The van der Waals surface area contributed by atoms with Crippen molar-refractivity contribution in [1.29, 1.82) is 0 Å². The number of likely N-dealkylation sites (tertiary alicyclic amines) is 1. The van der Waals surface area contributed by atoms with Crippen molar-refractivity contribution >= 4 is 23.2 Å². The molecule has 1 aromatic rings. The van der Waals surface area contributed by atoms with E-state index in [1.165, 1.54) is 11.3 Å². The lowest BCUT2D eigenvalue weighted by atomic mass is 10.0. The first-order valence-electron chi connectivity index (χ1n) is 6.69. The number of carboxylic acid groups (broad SMARTS) is 1. The molecule has 0 spiro atoms. The molecule has 0 saturated carbocycles. The van der Waals surface area contributed by atoms with E-state index in [-0.39, 0.29) is 5.91 Å². The number of amides is 1. The molecule has 1 aliphatic rings. The van der Waals surface area contributed by atoms with Gasteiger partial charge in [0.2, 0.25) is 0 Å². The topological polar surface area (TPSA) is 57.6 Å². The molecule has 19 heavy (non-hydrogen) atoms. The van der Waals surface area contributed by atoms with E-state index < -0.39 is 12.0 Å². The molecule has 0 aromatic carbocycles. The maximum absolute atomic E-state index is 12.5. The standard InChI is InChI=1S/C14H19NO3S/c1-10-7-9-19-12(10)13(16)15-8-5-3-2-4-6-11(15)14(17)18/h7,9,11H,2-6,8H2,1H3,(H,17,18).